The summed E-state index contributed by atoms with van der Waals surface area (Å²) in [5, 5.41) is 0. The summed E-state index contributed by atoms with van der Waals surface area (Å²) < 4.78 is 3.30. The van der Waals surface area contributed by atoms with E-state index in [1.165, 1.54) is 161 Å². The Bertz CT molecular complexity index is 980. The third kappa shape index (κ3) is 9.60. The van der Waals surface area contributed by atoms with Gasteiger partial charge in [0.25, 0.3) is 0 Å². The van der Waals surface area contributed by atoms with E-state index < -0.39 is 0 Å². The lowest BCUT2D eigenvalue weighted by atomic mass is 9.48. The van der Waals surface area contributed by atoms with Crippen molar-refractivity contribution in [3.05, 3.63) is 23.8 Å². The molecule has 0 radical (unpaired) electrons. The molecule has 1 unspecified atom stereocenters. The predicted molar refractivity (Wildman–Crippen MR) is 202 cm³/mol. The molecule has 47 heavy (non-hydrogen) atoms. The van der Waals surface area contributed by atoms with E-state index in [1.807, 2.05) is 0 Å². The Kier molecular flexibility index (Phi) is 14.5. The molecule has 1 heterocycles. The van der Waals surface area contributed by atoms with E-state index in [0.29, 0.717) is 23.2 Å². The normalized spacial score (nSPS) is 35.4. The fourth-order valence-electron chi connectivity index (χ4n) is 11.5. The minimum absolute atomic E-state index is 0.303. The van der Waals surface area contributed by atoms with Crippen molar-refractivity contribution < 1.29 is 9.41 Å². The van der Waals surface area contributed by atoms with Gasteiger partial charge < -0.3 is 0 Å². The lowest BCUT2D eigenvalue weighted by Gasteiger charge is -2.56. The fourth-order valence-corrected chi connectivity index (χ4v) is 11.5. The van der Waals surface area contributed by atoms with Crippen LogP contribution in [0.3, 0.4) is 0 Å². The molecular formula is C45H79O2+. The molecule has 0 aromatic heterocycles. The number of hydrogen-bond donors (Lipinski definition) is 0. The second-order valence-electron chi connectivity index (χ2n) is 18.4. The number of hydrogen-bond acceptors (Lipinski definition) is 1. The molecule has 0 bridgehead atoms. The zero-order chi connectivity index (χ0) is 33.3. The SMILES string of the molecule is CCCCCCCCCCCCCCCCCC1O[O+]1[C@@H]1C=C2C=C[C@H]3[C@@H]4CC[C@H]([C@H](C)CCCC(C)C)[C@@]4(C)CC[C@@H]3[C@@]2(C)CC1. The topological polar surface area (TPSA) is 15.2 Å². The van der Waals surface area contributed by atoms with Crippen molar-refractivity contribution in [2.75, 3.05) is 0 Å². The number of rotatable bonds is 22. The van der Waals surface area contributed by atoms with Crippen LogP contribution >= 0.6 is 0 Å². The van der Waals surface area contributed by atoms with E-state index in [1.54, 1.807) is 5.57 Å². The molecule has 2 heteroatoms. The first kappa shape index (κ1) is 37.7. The maximum atomic E-state index is 6.12. The van der Waals surface area contributed by atoms with Gasteiger partial charge in [-0.25, -0.2) is 0 Å². The molecule has 0 spiro atoms. The zero-order valence-corrected chi connectivity index (χ0v) is 32.3. The van der Waals surface area contributed by atoms with E-state index in [0.717, 1.165) is 35.5 Å². The first-order valence-electron chi connectivity index (χ1n) is 21.6. The Morgan fingerprint density at radius 2 is 1.36 bits per heavy atom. The van der Waals surface area contributed by atoms with Crippen molar-refractivity contribution in [2.24, 2.45) is 46.3 Å². The van der Waals surface area contributed by atoms with Crippen LogP contribution in [0, 0.1) is 46.3 Å². The monoisotopic (exact) mass is 652 g/mol. The second kappa shape index (κ2) is 18.1. The largest absolute Gasteiger partial charge is 0.370 e. The predicted octanol–water partition coefficient (Wildman–Crippen LogP) is 14.3. The standard InChI is InChI=1S/C45H79O2/c1-7-8-9-10-11-12-13-14-15-16-17-18-19-20-21-25-43-46-47(43)38-30-32-44(5)37(34-38)26-27-39-41-29-28-40(36(4)24-22-23-35(2)3)45(41,6)33-31-42(39)44/h26-27,34-36,38-43H,7-25,28-33H2,1-6H3/q+1/t36-,38+,39+,40-,41+,42+,43?,44+,45-/m1/s1. The van der Waals surface area contributed by atoms with Gasteiger partial charge in [0, 0.05) is 12.5 Å². The third-order valence-electron chi connectivity index (χ3n) is 14.6. The van der Waals surface area contributed by atoms with Crippen LogP contribution in [0.1, 0.15) is 202 Å². The van der Waals surface area contributed by atoms with Gasteiger partial charge in [-0.3, -0.25) is 0 Å². The van der Waals surface area contributed by atoms with Crippen molar-refractivity contribution in [1.82, 2.24) is 0 Å². The molecule has 1 aliphatic heterocycles. The lowest BCUT2D eigenvalue weighted by molar-refractivity contribution is -0.190. The van der Waals surface area contributed by atoms with Crippen LogP contribution in [0.5, 0.6) is 0 Å². The van der Waals surface area contributed by atoms with Crippen molar-refractivity contribution in [1.29, 1.82) is 0 Å². The van der Waals surface area contributed by atoms with Crippen LogP contribution in [0.4, 0.5) is 0 Å². The Hall–Kier alpha value is -0.600. The Morgan fingerprint density at radius 1 is 0.723 bits per heavy atom. The minimum Gasteiger partial charge on any atom is -0.194 e. The first-order valence-corrected chi connectivity index (χ1v) is 21.6. The van der Waals surface area contributed by atoms with Gasteiger partial charge in [0.15, 0.2) is 0 Å². The summed E-state index contributed by atoms with van der Waals surface area (Å²) in [5.74, 6) is 5.21. The highest BCUT2D eigenvalue weighted by atomic mass is 17.5. The third-order valence-corrected chi connectivity index (χ3v) is 14.6. The van der Waals surface area contributed by atoms with Gasteiger partial charge in [-0.05, 0) is 95.3 Å². The smallest absolute Gasteiger partial charge is 0.194 e. The van der Waals surface area contributed by atoms with E-state index in [9.17, 15) is 0 Å². The highest BCUT2D eigenvalue weighted by Crippen LogP contribution is 2.66. The summed E-state index contributed by atoms with van der Waals surface area (Å²) in [7, 11) is 0. The lowest BCUT2D eigenvalue weighted by Crippen LogP contribution is -2.49. The maximum Gasteiger partial charge on any atom is 0.370 e. The van der Waals surface area contributed by atoms with Gasteiger partial charge >= 0.3 is 6.29 Å². The van der Waals surface area contributed by atoms with Gasteiger partial charge in [-0.15, -0.1) is 0 Å². The Balaban J connectivity index is 0.985. The van der Waals surface area contributed by atoms with E-state index >= 15 is 0 Å². The van der Waals surface area contributed by atoms with E-state index in [4.69, 9.17) is 4.89 Å². The minimum atomic E-state index is 0.303. The van der Waals surface area contributed by atoms with Crippen molar-refractivity contribution in [3.8, 4) is 0 Å². The van der Waals surface area contributed by atoms with Crippen LogP contribution in [0.15, 0.2) is 23.8 Å². The molecule has 270 valence electrons. The second-order valence-corrected chi connectivity index (χ2v) is 18.4. The molecule has 0 aromatic rings. The molecule has 1 saturated heterocycles. The molecule has 2 saturated carbocycles. The number of allylic oxidation sites excluding steroid dienone is 3. The molecule has 0 aromatic carbocycles. The molecule has 9 atom stereocenters. The summed E-state index contributed by atoms with van der Waals surface area (Å²) in [6.45, 7) is 15.0. The van der Waals surface area contributed by atoms with Crippen LogP contribution in [-0.4, -0.2) is 12.4 Å². The molecule has 5 aliphatic rings. The van der Waals surface area contributed by atoms with Crippen LogP contribution in [0.2, 0.25) is 0 Å². The maximum absolute atomic E-state index is 6.12. The molecular weight excluding hydrogens is 572 g/mol. The summed E-state index contributed by atoms with van der Waals surface area (Å²) in [6.07, 6.45) is 44.0. The van der Waals surface area contributed by atoms with E-state index in [-0.39, 0.29) is 0 Å². The van der Waals surface area contributed by atoms with Crippen LogP contribution < -0.4 is 0 Å². The van der Waals surface area contributed by atoms with Crippen molar-refractivity contribution in [3.63, 3.8) is 0 Å². The average molecular weight is 652 g/mol. The molecule has 5 rings (SSSR count). The molecule has 2 nitrogen and oxygen atoms in total. The Morgan fingerprint density at radius 3 is 2.00 bits per heavy atom. The fraction of sp³-hybridized carbons (Fsp3) is 0.911. The molecule has 4 aliphatic carbocycles. The first-order chi connectivity index (χ1) is 22.8. The molecule has 3 fully saturated rings. The summed E-state index contributed by atoms with van der Waals surface area (Å²) in [6, 6.07) is 0. The highest BCUT2D eigenvalue weighted by molar-refractivity contribution is 5.36. The summed E-state index contributed by atoms with van der Waals surface area (Å²) in [5.41, 5.74) is 2.54. The number of fused-ring (bicyclic) bond motifs is 5. The van der Waals surface area contributed by atoms with Crippen LogP contribution in [0.25, 0.3) is 0 Å². The molecule has 0 N–H and O–H groups in total. The molecule has 0 amide bonds. The van der Waals surface area contributed by atoms with Crippen LogP contribution in [-0.2, 0) is 9.41 Å². The Labute approximate surface area is 293 Å². The highest BCUT2D eigenvalue weighted by Gasteiger charge is 2.60. The number of unbranched alkanes of at least 4 members (excludes halogenated alkanes) is 14. The van der Waals surface area contributed by atoms with Crippen molar-refractivity contribution >= 4 is 0 Å². The van der Waals surface area contributed by atoms with Gasteiger partial charge in [-0.2, -0.15) is 4.52 Å². The van der Waals surface area contributed by atoms with Crippen molar-refractivity contribution in [2.45, 2.75) is 214 Å². The van der Waals surface area contributed by atoms with Gasteiger partial charge in [0.1, 0.15) is 0 Å². The zero-order valence-electron chi connectivity index (χ0n) is 32.3. The van der Waals surface area contributed by atoms with Gasteiger partial charge in [0.2, 0.25) is 6.10 Å². The quantitative estimate of drug-likeness (QED) is 0.0492. The summed E-state index contributed by atoms with van der Waals surface area (Å²) in [4.78, 5) is 6.12. The van der Waals surface area contributed by atoms with Gasteiger partial charge in [-0.1, -0.05) is 163 Å². The summed E-state index contributed by atoms with van der Waals surface area (Å²) >= 11 is 0. The van der Waals surface area contributed by atoms with E-state index in [2.05, 4.69) is 64.3 Å². The van der Waals surface area contributed by atoms with Gasteiger partial charge in [0.05, 0.1) is 6.42 Å². The average Bonchev–Trinajstić information content (AvgIpc) is 3.73.